The van der Waals surface area contributed by atoms with E-state index >= 15 is 0 Å². The Morgan fingerprint density at radius 2 is 2.00 bits per heavy atom. The monoisotopic (exact) mass is 227 g/mol. The Labute approximate surface area is 96.4 Å². The lowest BCUT2D eigenvalue weighted by Gasteiger charge is -2.26. The predicted molar refractivity (Wildman–Crippen MR) is 61.7 cm³/mol. The fourth-order valence-electron chi connectivity index (χ4n) is 2.18. The minimum Gasteiger partial charge on any atom is -0.347 e. The maximum absolute atomic E-state index is 11.8. The fraction of sp³-hybridized carbons (Fsp3) is 0.818. The second-order valence-corrected chi connectivity index (χ2v) is 4.07. The lowest BCUT2D eigenvalue weighted by molar-refractivity contribution is -0.147. The van der Waals surface area contributed by atoms with Crippen LogP contribution in [0.2, 0.25) is 0 Å². The van der Waals surface area contributed by atoms with Crippen molar-refractivity contribution in [3.05, 3.63) is 0 Å². The molecule has 5 heteroatoms. The average Bonchev–Trinajstić information content (AvgIpc) is 2.80. The molecule has 0 aliphatic heterocycles. The summed E-state index contributed by atoms with van der Waals surface area (Å²) in [6.07, 6.45) is 4.34. The Morgan fingerprint density at radius 3 is 2.50 bits per heavy atom. The standard InChI is InChI=1S/C11H21N3O2/c1-2-14(9-5-3-4-6-9)11(16)10(15)13-8-7-12/h9H,2-8,12H2,1H3,(H,13,15). The van der Waals surface area contributed by atoms with Crippen LogP contribution in [0.3, 0.4) is 0 Å². The molecule has 16 heavy (non-hydrogen) atoms. The number of carbonyl (C=O) groups is 2. The van der Waals surface area contributed by atoms with E-state index in [1.54, 1.807) is 4.90 Å². The Morgan fingerprint density at radius 1 is 1.38 bits per heavy atom. The molecule has 0 aromatic rings. The first kappa shape index (κ1) is 13.0. The molecule has 0 atom stereocenters. The second kappa shape index (κ2) is 6.48. The average molecular weight is 227 g/mol. The Bertz CT molecular complexity index is 250. The summed E-state index contributed by atoms with van der Waals surface area (Å²) in [5, 5.41) is 2.52. The van der Waals surface area contributed by atoms with Crippen LogP contribution in [-0.4, -0.2) is 42.4 Å². The summed E-state index contributed by atoms with van der Waals surface area (Å²) in [5.74, 6) is -0.943. The van der Waals surface area contributed by atoms with Crippen molar-refractivity contribution < 1.29 is 9.59 Å². The van der Waals surface area contributed by atoms with Crippen molar-refractivity contribution in [3.8, 4) is 0 Å². The summed E-state index contributed by atoms with van der Waals surface area (Å²) < 4.78 is 0. The summed E-state index contributed by atoms with van der Waals surface area (Å²) in [5.41, 5.74) is 5.27. The van der Waals surface area contributed by atoms with Crippen LogP contribution in [0, 0.1) is 0 Å². The lowest BCUT2D eigenvalue weighted by atomic mass is 10.2. The molecule has 1 aliphatic rings. The van der Waals surface area contributed by atoms with Gasteiger partial charge in [0.1, 0.15) is 0 Å². The number of nitrogens with one attached hydrogen (secondary N) is 1. The van der Waals surface area contributed by atoms with Gasteiger partial charge < -0.3 is 16.0 Å². The first-order valence-electron chi connectivity index (χ1n) is 5.99. The van der Waals surface area contributed by atoms with Crippen LogP contribution in [0.25, 0.3) is 0 Å². The highest BCUT2D eigenvalue weighted by molar-refractivity contribution is 6.35. The summed E-state index contributed by atoms with van der Waals surface area (Å²) >= 11 is 0. The SMILES string of the molecule is CCN(C(=O)C(=O)NCCN)C1CCCC1. The largest absolute Gasteiger partial charge is 0.347 e. The molecular weight excluding hydrogens is 206 g/mol. The molecule has 0 radical (unpaired) electrons. The molecule has 0 aromatic heterocycles. The van der Waals surface area contributed by atoms with Crippen molar-refractivity contribution in [1.82, 2.24) is 10.2 Å². The van der Waals surface area contributed by atoms with Gasteiger partial charge in [0.2, 0.25) is 0 Å². The van der Waals surface area contributed by atoms with Crippen LogP contribution in [-0.2, 0) is 9.59 Å². The number of carbonyl (C=O) groups excluding carboxylic acids is 2. The van der Waals surface area contributed by atoms with Crippen molar-refractivity contribution in [2.24, 2.45) is 5.73 Å². The van der Waals surface area contributed by atoms with Crippen molar-refractivity contribution >= 4 is 11.8 Å². The van der Waals surface area contributed by atoms with Gasteiger partial charge in [-0.2, -0.15) is 0 Å². The van der Waals surface area contributed by atoms with Gasteiger partial charge in [-0.3, -0.25) is 9.59 Å². The van der Waals surface area contributed by atoms with E-state index in [1.807, 2.05) is 6.92 Å². The molecule has 1 saturated carbocycles. The number of hydrogen-bond acceptors (Lipinski definition) is 3. The Balaban J connectivity index is 2.51. The van der Waals surface area contributed by atoms with E-state index in [4.69, 9.17) is 5.73 Å². The van der Waals surface area contributed by atoms with Gasteiger partial charge in [-0.05, 0) is 19.8 Å². The third-order valence-corrected chi connectivity index (χ3v) is 2.99. The van der Waals surface area contributed by atoms with E-state index in [1.165, 1.54) is 0 Å². The number of hydrogen-bond donors (Lipinski definition) is 2. The first-order chi connectivity index (χ1) is 7.70. The Kier molecular flexibility index (Phi) is 5.25. The third-order valence-electron chi connectivity index (χ3n) is 2.99. The van der Waals surface area contributed by atoms with Gasteiger partial charge in [-0.1, -0.05) is 12.8 Å². The summed E-state index contributed by atoms with van der Waals surface area (Å²) in [6.45, 7) is 3.22. The molecule has 92 valence electrons. The van der Waals surface area contributed by atoms with E-state index in [-0.39, 0.29) is 6.04 Å². The summed E-state index contributed by atoms with van der Waals surface area (Å²) in [4.78, 5) is 25.0. The van der Waals surface area contributed by atoms with Gasteiger partial charge in [-0.15, -0.1) is 0 Å². The van der Waals surface area contributed by atoms with Crippen molar-refractivity contribution in [2.75, 3.05) is 19.6 Å². The molecule has 5 nitrogen and oxygen atoms in total. The van der Waals surface area contributed by atoms with Crippen LogP contribution < -0.4 is 11.1 Å². The molecule has 0 unspecified atom stereocenters. The minimum atomic E-state index is -0.529. The minimum absolute atomic E-state index is 0.251. The highest BCUT2D eigenvalue weighted by Gasteiger charge is 2.28. The van der Waals surface area contributed by atoms with Crippen LogP contribution in [0.1, 0.15) is 32.6 Å². The van der Waals surface area contributed by atoms with Crippen molar-refractivity contribution in [1.29, 1.82) is 0 Å². The number of amides is 2. The van der Waals surface area contributed by atoms with Crippen molar-refractivity contribution in [3.63, 3.8) is 0 Å². The highest BCUT2D eigenvalue weighted by atomic mass is 16.2. The topological polar surface area (TPSA) is 75.4 Å². The third kappa shape index (κ3) is 3.20. The maximum atomic E-state index is 11.8. The molecule has 1 aliphatic carbocycles. The molecular formula is C11H21N3O2. The van der Waals surface area contributed by atoms with E-state index < -0.39 is 11.8 Å². The normalized spacial score (nSPS) is 16.1. The van der Waals surface area contributed by atoms with Gasteiger partial charge >= 0.3 is 11.8 Å². The number of rotatable bonds is 4. The van der Waals surface area contributed by atoms with Gasteiger partial charge in [0, 0.05) is 25.7 Å². The predicted octanol–water partition coefficient (Wildman–Crippen LogP) is -0.148. The first-order valence-corrected chi connectivity index (χ1v) is 5.99. The van der Waals surface area contributed by atoms with Crippen molar-refractivity contribution in [2.45, 2.75) is 38.6 Å². The molecule has 1 fully saturated rings. The van der Waals surface area contributed by atoms with Crippen LogP contribution in [0.5, 0.6) is 0 Å². The molecule has 0 heterocycles. The van der Waals surface area contributed by atoms with Gasteiger partial charge in [0.25, 0.3) is 0 Å². The molecule has 0 bridgehead atoms. The fourth-order valence-corrected chi connectivity index (χ4v) is 2.18. The quantitative estimate of drug-likeness (QED) is 0.656. The zero-order valence-corrected chi connectivity index (χ0v) is 9.87. The lowest BCUT2D eigenvalue weighted by Crippen LogP contribution is -2.47. The van der Waals surface area contributed by atoms with Gasteiger partial charge in [-0.25, -0.2) is 0 Å². The number of likely N-dealkylation sites (N-methyl/N-ethyl adjacent to an activating group) is 1. The second-order valence-electron chi connectivity index (χ2n) is 4.07. The number of nitrogens with zero attached hydrogens (tertiary/aromatic N) is 1. The summed E-state index contributed by atoms with van der Waals surface area (Å²) in [6, 6.07) is 0.251. The zero-order chi connectivity index (χ0) is 12.0. The molecule has 2 amide bonds. The van der Waals surface area contributed by atoms with E-state index in [0.717, 1.165) is 25.7 Å². The maximum Gasteiger partial charge on any atom is 0.312 e. The van der Waals surface area contributed by atoms with E-state index in [0.29, 0.717) is 19.6 Å². The van der Waals surface area contributed by atoms with Crippen LogP contribution in [0.4, 0.5) is 0 Å². The number of nitrogens with two attached hydrogens (primary N) is 1. The molecule has 0 spiro atoms. The van der Waals surface area contributed by atoms with Gasteiger partial charge in [0.15, 0.2) is 0 Å². The zero-order valence-electron chi connectivity index (χ0n) is 9.87. The van der Waals surface area contributed by atoms with Crippen LogP contribution in [0.15, 0.2) is 0 Å². The van der Waals surface area contributed by atoms with E-state index in [9.17, 15) is 9.59 Å². The molecule has 3 N–H and O–H groups in total. The van der Waals surface area contributed by atoms with Gasteiger partial charge in [0.05, 0.1) is 0 Å². The highest BCUT2D eigenvalue weighted by Crippen LogP contribution is 2.23. The van der Waals surface area contributed by atoms with E-state index in [2.05, 4.69) is 5.32 Å². The smallest absolute Gasteiger partial charge is 0.312 e. The van der Waals surface area contributed by atoms with Crippen LogP contribution >= 0.6 is 0 Å². The Hall–Kier alpha value is -1.10. The molecule has 0 aromatic carbocycles. The molecule has 0 saturated heterocycles. The summed E-state index contributed by atoms with van der Waals surface area (Å²) in [7, 11) is 0. The molecule has 1 rings (SSSR count).